The predicted octanol–water partition coefficient (Wildman–Crippen LogP) is 5.20. The molecule has 0 N–H and O–H groups in total. The summed E-state index contributed by atoms with van der Waals surface area (Å²) in [4.78, 5) is 20.7. The number of hydrogen-bond acceptors (Lipinski definition) is 5. The Bertz CT molecular complexity index is 931. The van der Waals surface area contributed by atoms with Crippen LogP contribution in [0.2, 0.25) is 0 Å². The fourth-order valence-electron chi connectivity index (χ4n) is 3.25. The summed E-state index contributed by atoms with van der Waals surface area (Å²) in [7, 11) is 0. The van der Waals surface area contributed by atoms with Crippen molar-refractivity contribution in [3.63, 3.8) is 0 Å². The number of ether oxygens (including phenoxy) is 1. The van der Waals surface area contributed by atoms with Crippen LogP contribution >= 0.6 is 22.7 Å². The molecule has 1 unspecified atom stereocenters. The lowest BCUT2D eigenvalue weighted by atomic mass is 10.1. The number of benzene rings is 1. The Morgan fingerprint density at radius 2 is 2.19 bits per heavy atom. The van der Waals surface area contributed by atoms with Crippen molar-refractivity contribution in [3.8, 4) is 0 Å². The van der Waals surface area contributed by atoms with Gasteiger partial charge in [0.25, 0.3) is 5.91 Å². The summed E-state index contributed by atoms with van der Waals surface area (Å²) in [5.74, 6) is -0.0479. The van der Waals surface area contributed by atoms with Crippen LogP contribution in [-0.2, 0) is 9.53 Å². The summed E-state index contributed by atoms with van der Waals surface area (Å²) in [5.41, 5.74) is 3.32. The molecule has 2 aromatic heterocycles. The number of carbonyl (C=O) groups excluding carboxylic acids is 1. The van der Waals surface area contributed by atoms with Crippen LogP contribution in [0.15, 0.2) is 35.7 Å². The van der Waals surface area contributed by atoms with Crippen molar-refractivity contribution in [1.29, 1.82) is 0 Å². The molecule has 3 heterocycles. The highest BCUT2D eigenvalue weighted by molar-refractivity contribution is 7.22. The maximum atomic E-state index is 13.0. The summed E-state index contributed by atoms with van der Waals surface area (Å²) in [6.45, 7) is 5.47. The van der Waals surface area contributed by atoms with Crippen LogP contribution in [0.3, 0.4) is 0 Å². The number of rotatable bonds is 5. The first-order valence-corrected chi connectivity index (χ1v) is 10.8. The summed E-state index contributed by atoms with van der Waals surface area (Å²) >= 11 is 3.21. The van der Waals surface area contributed by atoms with Gasteiger partial charge in [0.05, 0.1) is 22.9 Å². The second kappa shape index (κ2) is 7.92. The van der Waals surface area contributed by atoms with Crippen molar-refractivity contribution in [2.45, 2.75) is 32.8 Å². The number of aromatic nitrogens is 1. The zero-order valence-electron chi connectivity index (χ0n) is 15.5. The number of anilines is 1. The number of hydrogen-bond donors (Lipinski definition) is 0. The van der Waals surface area contributed by atoms with E-state index in [0.29, 0.717) is 6.54 Å². The number of carbonyl (C=O) groups is 1. The van der Waals surface area contributed by atoms with Gasteiger partial charge in [-0.15, -0.1) is 11.3 Å². The molecule has 1 saturated heterocycles. The Kier molecular flexibility index (Phi) is 5.38. The molecule has 1 aromatic carbocycles. The van der Waals surface area contributed by atoms with Crippen LogP contribution in [0.1, 0.15) is 28.8 Å². The van der Waals surface area contributed by atoms with E-state index in [-0.39, 0.29) is 12.0 Å². The summed E-state index contributed by atoms with van der Waals surface area (Å²) in [5, 5.41) is 2.76. The molecule has 0 bridgehead atoms. The van der Waals surface area contributed by atoms with Gasteiger partial charge in [-0.3, -0.25) is 9.69 Å². The van der Waals surface area contributed by atoms with Gasteiger partial charge >= 0.3 is 0 Å². The minimum Gasteiger partial charge on any atom is -0.376 e. The Morgan fingerprint density at radius 3 is 2.89 bits per heavy atom. The van der Waals surface area contributed by atoms with Gasteiger partial charge in [-0.2, -0.15) is 0 Å². The topological polar surface area (TPSA) is 42.4 Å². The molecule has 0 spiro atoms. The molecule has 4 rings (SSSR count). The number of thiophene rings is 1. The van der Waals surface area contributed by atoms with E-state index in [1.165, 1.54) is 5.56 Å². The quantitative estimate of drug-likeness (QED) is 0.555. The van der Waals surface area contributed by atoms with Crippen molar-refractivity contribution >= 4 is 50.0 Å². The first-order valence-electron chi connectivity index (χ1n) is 9.13. The van der Waals surface area contributed by atoms with E-state index in [9.17, 15) is 4.79 Å². The van der Waals surface area contributed by atoms with E-state index in [1.54, 1.807) is 33.6 Å². The van der Waals surface area contributed by atoms with E-state index in [0.717, 1.165) is 45.2 Å². The van der Waals surface area contributed by atoms with Gasteiger partial charge in [0.15, 0.2) is 5.13 Å². The fourth-order valence-corrected chi connectivity index (χ4v) is 4.99. The summed E-state index contributed by atoms with van der Waals surface area (Å²) in [6.07, 6.45) is 5.64. The molecule has 140 valence electrons. The molecule has 1 aliphatic rings. The lowest BCUT2D eigenvalue weighted by molar-refractivity contribution is -0.114. The van der Waals surface area contributed by atoms with Crippen molar-refractivity contribution in [2.75, 3.05) is 18.1 Å². The average molecular weight is 399 g/mol. The highest BCUT2D eigenvalue weighted by Gasteiger charge is 2.25. The predicted molar refractivity (Wildman–Crippen MR) is 114 cm³/mol. The standard InChI is InChI=1S/C21H22N2O2S2/c1-14-7-8-15(2)20-19(14)22-21(27-20)23(13-16-5-3-11-25-16)18(24)10-9-17-6-4-12-26-17/h4,6-10,12,16H,3,5,11,13H2,1-2H3/b10-9+. The number of aryl methyl sites for hydroxylation is 2. The van der Waals surface area contributed by atoms with Crippen molar-refractivity contribution in [1.82, 2.24) is 4.98 Å². The number of amides is 1. The first-order chi connectivity index (χ1) is 13.1. The molecule has 1 aliphatic heterocycles. The second-order valence-electron chi connectivity index (χ2n) is 6.81. The molecule has 4 nitrogen and oxygen atoms in total. The third-order valence-corrected chi connectivity index (χ3v) is 6.82. The van der Waals surface area contributed by atoms with Crippen molar-refractivity contribution in [3.05, 3.63) is 51.7 Å². The van der Waals surface area contributed by atoms with Gasteiger partial charge in [0.2, 0.25) is 0 Å². The van der Waals surface area contributed by atoms with Crippen LogP contribution in [0.25, 0.3) is 16.3 Å². The van der Waals surface area contributed by atoms with E-state index in [1.807, 2.05) is 23.6 Å². The first kappa shape index (κ1) is 18.3. The summed E-state index contributed by atoms with van der Waals surface area (Å²) in [6, 6.07) is 8.19. The lowest BCUT2D eigenvalue weighted by Crippen LogP contribution is -2.36. The molecule has 0 radical (unpaired) electrons. The normalized spacial score (nSPS) is 17.2. The highest BCUT2D eigenvalue weighted by atomic mass is 32.1. The monoisotopic (exact) mass is 398 g/mol. The lowest BCUT2D eigenvalue weighted by Gasteiger charge is -2.21. The van der Waals surface area contributed by atoms with E-state index in [2.05, 4.69) is 26.0 Å². The summed E-state index contributed by atoms with van der Waals surface area (Å²) < 4.78 is 6.94. The van der Waals surface area contributed by atoms with Crippen LogP contribution in [-0.4, -0.2) is 30.1 Å². The highest BCUT2D eigenvalue weighted by Crippen LogP contribution is 2.34. The Morgan fingerprint density at radius 1 is 1.33 bits per heavy atom. The largest absolute Gasteiger partial charge is 0.376 e. The third-order valence-electron chi connectivity index (χ3n) is 4.77. The Hall–Kier alpha value is -2.02. The minimum atomic E-state index is -0.0479. The molecular weight excluding hydrogens is 376 g/mol. The maximum absolute atomic E-state index is 13.0. The van der Waals surface area contributed by atoms with E-state index in [4.69, 9.17) is 9.72 Å². The molecule has 1 amide bonds. The fraction of sp³-hybridized carbons (Fsp3) is 0.333. The molecule has 1 atom stereocenters. The second-order valence-corrected chi connectivity index (χ2v) is 8.76. The van der Waals surface area contributed by atoms with Gasteiger partial charge in [-0.1, -0.05) is 29.5 Å². The number of thiazole rings is 1. The van der Waals surface area contributed by atoms with Gasteiger partial charge in [0, 0.05) is 17.6 Å². The van der Waals surface area contributed by atoms with Gasteiger partial charge in [-0.25, -0.2) is 4.98 Å². The van der Waals surface area contributed by atoms with Crippen molar-refractivity contribution in [2.24, 2.45) is 0 Å². The van der Waals surface area contributed by atoms with Crippen LogP contribution in [0.4, 0.5) is 5.13 Å². The molecule has 0 aliphatic carbocycles. The van der Waals surface area contributed by atoms with E-state index < -0.39 is 0 Å². The number of fused-ring (bicyclic) bond motifs is 1. The maximum Gasteiger partial charge on any atom is 0.252 e. The SMILES string of the molecule is Cc1ccc(C)c2sc(N(CC3CCCO3)C(=O)/C=C/c3cccs3)nc12. The van der Waals surface area contributed by atoms with Gasteiger partial charge in [-0.05, 0) is 55.3 Å². The average Bonchev–Trinajstić information content (AvgIpc) is 3.42. The third kappa shape index (κ3) is 3.98. The zero-order chi connectivity index (χ0) is 18.8. The molecule has 27 heavy (non-hydrogen) atoms. The Balaban J connectivity index is 1.67. The molecular formula is C21H22N2O2S2. The zero-order valence-corrected chi connectivity index (χ0v) is 17.1. The smallest absolute Gasteiger partial charge is 0.252 e. The van der Waals surface area contributed by atoms with Crippen LogP contribution in [0, 0.1) is 13.8 Å². The van der Waals surface area contributed by atoms with Crippen LogP contribution in [0.5, 0.6) is 0 Å². The molecule has 0 saturated carbocycles. The Labute approximate surface area is 167 Å². The number of nitrogens with zero attached hydrogens (tertiary/aromatic N) is 2. The van der Waals surface area contributed by atoms with Crippen LogP contribution < -0.4 is 4.90 Å². The minimum absolute atomic E-state index is 0.0479. The molecule has 1 fully saturated rings. The van der Waals surface area contributed by atoms with Gasteiger partial charge in [0.1, 0.15) is 0 Å². The van der Waals surface area contributed by atoms with E-state index >= 15 is 0 Å². The molecule has 6 heteroatoms. The molecule has 3 aromatic rings. The van der Waals surface area contributed by atoms with Crippen molar-refractivity contribution < 1.29 is 9.53 Å². The van der Waals surface area contributed by atoms with Gasteiger partial charge < -0.3 is 4.74 Å².